The first-order chi connectivity index (χ1) is 13.4. The molecule has 1 unspecified atom stereocenters. The van der Waals surface area contributed by atoms with Crippen molar-refractivity contribution in [3.8, 4) is 0 Å². The minimum Gasteiger partial charge on any atom is -0.370 e. The highest BCUT2D eigenvalue weighted by atomic mass is 127. The largest absolute Gasteiger partial charge is 0.370 e. The van der Waals surface area contributed by atoms with Gasteiger partial charge in [-0.25, -0.2) is 8.42 Å². The van der Waals surface area contributed by atoms with E-state index in [1.165, 1.54) is 17.4 Å². The molecule has 0 bridgehead atoms. The number of hydrogen-bond acceptors (Lipinski definition) is 4. The van der Waals surface area contributed by atoms with Crippen LogP contribution in [-0.2, 0) is 14.8 Å². The van der Waals surface area contributed by atoms with E-state index in [2.05, 4.69) is 29.3 Å². The first-order valence-electron chi connectivity index (χ1n) is 10.1. The molecule has 0 aromatic heterocycles. The zero-order valence-electron chi connectivity index (χ0n) is 17.5. The van der Waals surface area contributed by atoms with E-state index in [1.54, 1.807) is 4.31 Å². The molecule has 2 aliphatic rings. The molecule has 0 radical (unpaired) electrons. The lowest BCUT2D eigenvalue weighted by Crippen LogP contribution is -2.48. The van der Waals surface area contributed by atoms with Crippen molar-refractivity contribution in [2.45, 2.75) is 38.8 Å². The molecule has 164 valence electrons. The predicted octanol–water partition coefficient (Wildman–Crippen LogP) is 2.38. The average molecular weight is 536 g/mol. The molecule has 0 aliphatic carbocycles. The number of guanidine groups is 1. The van der Waals surface area contributed by atoms with Gasteiger partial charge in [0.05, 0.1) is 26.0 Å². The second-order valence-electron chi connectivity index (χ2n) is 7.53. The Kier molecular flexibility index (Phi) is 9.17. The highest BCUT2D eigenvalue weighted by Gasteiger charge is 2.31. The van der Waals surface area contributed by atoms with E-state index in [0.717, 1.165) is 38.4 Å². The topological polar surface area (TPSA) is 74.2 Å². The van der Waals surface area contributed by atoms with Crippen LogP contribution in [0.4, 0.5) is 0 Å². The van der Waals surface area contributed by atoms with Gasteiger partial charge in [-0.05, 0) is 37.8 Å². The highest BCUT2D eigenvalue weighted by Crippen LogP contribution is 2.25. The number of aryl methyl sites for hydroxylation is 1. The fourth-order valence-electron chi connectivity index (χ4n) is 4.02. The maximum atomic E-state index is 12.0. The number of sulfonamides is 1. The molecule has 7 nitrogen and oxygen atoms in total. The summed E-state index contributed by atoms with van der Waals surface area (Å²) in [6, 6.07) is 8.27. The summed E-state index contributed by atoms with van der Waals surface area (Å²) >= 11 is 0. The fraction of sp³-hybridized carbons (Fsp3) is 0.650. The van der Waals surface area contributed by atoms with Crippen molar-refractivity contribution >= 4 is 40.0 Å². The van der Waals surface area contributed by atoms with Crippen LogP contribution in [0, 0.1) is 6.92 Å². The molecule has 2 saturated heterocycles. The standard InChI is InChI=1S/C20H32N4O3S.HI/c1-4-21-20(22-14-17-9-7-11-24(17)28(3,25)26)23-12-13-27-19(15-23)18-10-6-5-8-16(18)2;/h5-6,8,10,17,19H,4,7,9,11-15H2,1-3H3,(H,21,22);1H/t17-,19?;/m1./s1. The van der Waals surface area contributed by atoms with Crippen LogP contribution in [-0.4, -0.2) is 75.2 Å². The number of morpholine rings is 1. The van der Waals surface area contributed by atoms with Crippen LogP contribution < -0.4 is 5.32 Å². The molecule has 0 saturated carbocycles. The summed E-state index contributed by atoms with van der Waals surface area (Å²) in [6.07, 6.45) is 3.06. The number of halogens is 1. The van der Waals surface area contributed by atoms with E-state index in [-0.39, 0.29) is 36.1 Å². The first kappa shape index (κ1) is 24.4. The van der Waals surface area contributed by atoms with Gasteiger partial charge in [-0.15, -0.1) is 24.0 Å². The predicted molar refractivity (Wildman–Crippen MR) is 127 cm³/mol. The van der Waals surface area contributed by atoms with Gasteiger partial charge >= 0.3 is 0 Å². The number of hydrogen-bond donors (Lipinski definition) is 1. The normalized spacial score (nSPS) is 23.7. The molecule has 29 heavy (non-hydrogen) atoms. The van der Waals surface area contributed by atoms with Crippen LogP contribution in [0.25, 0.3) is 0 Å². The molecular weight excluding hydrogens is 503 g/mol. The van der Waals surface area contributed by atoms with Crippen molar-refractivity contribution in [2.24, 2.45) is 4.99 Å². The summed E-state index contributed by atoms with van der Waals surface area (Å²) in [7, 11) is -3.18. The Labute approximate surface area is 192 Å². The van der Waals surface area contributed by atoms with Crippen LogP contribution in [0.2, 0.25) is 0 Å². The summed E-state index contributed by atoms with van der Waals surface area (Å²) in [5.41, 5.74) is 2.44. The summed E-state index contributed by atoms with van der Waals surface area (Å²) in [4.78, 5) is 7.03. The van der Waals surface area contributed by atoms with Gasteiger partial charge in [0.1, 0.15) is 6.10 Å². The molecule has 2 fully saturated rings. The Bertz CT molecular complexity index is 803. The summed E-state index contributed by atoms with van der Waals surface area (Å²) in [5, 5.41) is 3.37. The van der Waals surface area contributed by atoms with Crippen molar-refractivity contribution < 1.29 is 13.2 Å². The first-order valence-corrected chi connectivity index (χ1v) is 11.9. The lowest BCUT2D eigenvalue weighted by molar-refractivity contribution is -0.00834. The van der Waals surface area contributed by atoms with Gasteiger partial charge < -0.3 is 15.0 Å². The third-order valence-corrected chi connectivity index (χ3v) is 6.77. The Hall–Kier alpha value is -0.910. The summed E-state index contributed by atoms with van der Waals surface area (Å²) in [5.74, 6) is 0.838. The number of ether oxygens (including phenoxy) is 1. The van der Waals surface area contributed by atoms with Crippen molar-refractivity contribution in [1.29, 1.82) is 0 Å². The van der Waals surface area contributed by atoms with E-state index < -0.39 is 10.0 Å². The number of benzene rings is 1. The average Bonchev–Trinajstić information content (AvgIpc) is 3.15. The van der Waals surface area contributed by atoms with Gasteiger partial charge in [0, 0.05) is 25.7 Å². The van der Waals surface area contributed by atoms with Crippen LogP contribution >= 0.6 is 24.0 Å². The molecule has 0 spiro atoms. The maximum absolute atomic E-state index is 12.0. The zero-order chi connectivity index (χ0) is 20.1. The van der Waals surface area contributed by atoms with Gasteiger partial charge in [0.25, 0.3) is 0 Å². The van der Waals surface area contributed by atoms with Crippen molar-refractivity contribution in [3.63, 3.8) is 0 Å². The van der Waals surface area contributed by atoms with Crippen molar-refractivity contribution in [1.82, 2.24) is 14.5 Å². The molecule has 1 N–H and O–H groups in total. The number of rotatable bonds is 5. The SMILES string of the molecule is CCNC(=NC[C@H]1CCCN1S(C)(=O)=O)N1CCOC(c2ccccc2C)C1.I. The van der Waals surface area contributed by atoms with Crippen LogP contribution in [0.1, 0.15) is 37.0 Å². The lowest BCUT2D eigenvalue weighted by Gasteiger charge is -2.36. The van der Waals surface area contributed by atoms with Crippen molar-refractivity contribution in [2.75, 3.05) is 45.6 Å². The Morgan fingerprint density at radius 2 is 2.07 bits per heavy atom. The summed E-state index contributed by atoms with van der Waals surface area (Å²) in [6.45, 7) is 8.16. The molecule has 3 rings (SSSR count). The Balaban J connectivity index is 0.00000300. The third-order valence-electron chi connectivity index (χ3n) is 5.44. The Morgan fingerprint density at radius 1 is 1.31 bits per heavy atom. The van der Waals surface area contributed by atoms with E-state index >= 15 is 0 Å². The lowest BCUT2D eigenvalue weighted by atomic mass is 10.0. The molecule has 0 amide bonds. The van der Waals surface area contributed by atoms with E-state index in [1.807, 2.05) is 19.1 Å². The fourth-order valence-corrected chi connectivity index (χ4v) is 5.20. The minimum absolute atomic E-state index is 0. The summed E-state index contributed by atoms with van der Waals surface area (Å²) < 4.78 is 31.6. The van der Waals surface area contributed by atoms with Crippen LogP contribution in [0.3, 0.4) is 0 Å². The van der Waals surface area contributed by atoms with E-state index in [0.29, 0.717) is 19.7 Å². The minimum atomic E-state index is -3.18. The second kappa shape index (κ2) is 10.9. The molecule has 2 aliphatic heterocycles. The monoisotopic (exact) mass is 536 g/mol. The molecule has 1 aromatic rings. The quantitative estimate of drug-likeness (QED) is 0.356. The molecule has 2 heterocycles. The smallest absolute Gasteiger partial charge is 0.211 e. The van der Waals surface area contributed by atoms with Gasteiger partial charge in [0.15, 0.2) is 5.96 Å². The second-order valence-corrected chi connectivity index (χ2v) is 9.46. The number of nitrogens with one attached hydrogen (secondary N) is 1. The van der Waals surface area contributed by atoms with Gasteiger partial charge in [-0.2, -0.15) is 4.31 Å². The van der Waals surface area contributed by atoms with E-state index in [9.17, 15) is 8.42 Å². The van der Waals surface area contributed by atoms with Crippen LogP contribution in [0.5, 0.6) is 0 Å². The highest BCUT2D eigenvalue weighted by molar-refractivity contribution is 14.0. The molecule has 2 atom stereocenters. The van der Waals surface area contributed by atoms with E-state index in [4.69, 9.17) is 9.73 Å². The molecule has 9 heteroatoms. The number of aliphatic imine (C=N–C) groups is 1. The van der Waals surface area contributed by atoms with Gasteiger partial charge in [-0.3, -0.25) is 4.99 Å². The van der Waals surface area contributed by atoms with Crippen molar-refractivity contribution in [3.05, 3.63) is 35.4 Å². The Morgan fingerprint density at radius 3 is 2.76 bits per heavy atom. The number of nitrogens with zero attached hydrogens (tertiary/aromatic N) is 3. The zero-order valence-corrected chi connectivity index (χ0v) is 20.7. The maximum Gasteiger partial charge on any atom is 0.211 e. The third kappa shape index (κ3) is 6.28. The van der Waals surface area contributed by atoms with Crippen LogP contribution in [0.15, 0.2) is 29.3 Å². The molecule has 1 aromatic carbocycles. The molecular formula is C20H33IN4O3S. The van der Waals surface area contributed by atoms with Gasteiger partial charge in [-0.1, -0.05) is 24.3 Å². The van der Waals surface area contributed by atoms with Gasteiger partial charge in [0.2, 0.25) is 10.0 Å².